The monoisotopic (exact) mass is 881 g/mol. The van der Waals surface area contributed by atoms with Gasteiger partial charge in [-0.15, -0.1) is 0 Å². The van der Waals surface area contributed by atoms with Crippen LogP contribution in [0.1, 0.15) is 42.6 Å². The second kappa shape index (κ2) is 17.7. The highest BCUT2D eigenvalue weighted by molar-refractivity contribution is 6.30. The van der Waals surface area contributed by atoms with Crippen molar-refractivity contribution < 1.29 is 31.9 Å². The molecule has 0 atom stereocenters. The lowest BCUT2D eigenvalue weighted by Gasteiger charge is -2.08. The highest BCUT2D eigenvalue weighted by atomic mass is 35.5. The van der Waals surface area contributed by atoms with Crippen LogP contribution in [0.5, 0.6) is 0 Å². The van der Waals surface area contributed by atoms with E-state index in [0.29, 0.717) is 66.0 Å². The molecule has 3 amide bonds. The number of nitrogens with two attached hydrogens (primary N) is 3. The Morgan fingerprint density at radius 3 is 1.64 bits per heavy atom. The molecule has 0 spiro atoms. The van der Waals surface area contributed by atoms with E-state index in [-0.39, 0.29) is 17.3 Å². The van der Waals surface area contributed by atoms with E-state index in [1.807, 2.05) is 25.1 Å². The van der Waals surface area contributed by atoms with Gasteiger partial charge in [0, 0.05) is 52.0 Å². The lowest BCUT2D eigenvalue weighted by molar-refractivity contribution is 0.0984. The van der Waals surface area contributed by atoms with Gasteiger partial charge in [-0.1, -0.05) is 48.0 Å². The minimum Gasteiger partial charge on any atom is -0.364 e. The Hall–Kier alpha value is -8.15. The highest BCUT2D eigenvalue weighted by Gasteiger charge is 2.21. The molecule has 7 N–H and O–H groups in total. The molecule has 0 aliphatic carbocycles. The fourth-order valence-corrected chi connectivity index (χ4v) is 7.92. The van der Waals surface area contributed by atoms with Crippen LogP contribution in [0, 0.1) is 41.5 Å². The Labute approximate surface area is 367 Å². The molecule has 0 saturated heterocycles. The number of carbonyl (C=O) groups is 3. The van der Waals surface area contributed by atoms with Crippen molar-refractivity contribution in [3.8, 4) is 39.4 Å². The van der Waals surface area contributed by atoms with Crippen molar-refractivity contribution in [3.05, 3.63) is 178 Å². The van der Waals surface area contributed by atoms with Crippen molar-refractivity contribution in [1.82, 2.24) is 14.1 Å². The number of benzene rings is 6. The van der Waals surface area contributed by atoms with Crippen LogP contribution in [0.3, 0.4) is 0 Å². The Morgan fingerprint density at radius 2 is 1.11 bits per heavy atom. The Morgan fingerprint density at radius 1 is 0.594 bits per heavy atom. The van der Waals surface area contributed by atoms with Gasteiger partial charge in [-0.25, -0.2) is 17.6 Å². The van der Waals surface area contributed by atoms with Crippen molar-refractivity contribution in [1.29, 1.82) is 5.26 Å². The molecule has 9 aromatic rings. The number of primary amides is 3. The number of hydrogen-bond donors (Lipinski definition) is 4. The molecule has 0 saturated carbocycles. The minimum atomic E-state index is -0.619. The molecule has 320 valence electrons. The predicted octanol–water partition coefficient (Wildman–Crippen LogP) is 10.2. The number of aryl methyl sites for hydroxylation is 3. The number of halogens is 5. The number of H-pyrrole nitrogens is 1. The first kappa shape index (κ1) is 43.9. The van der Waals surface area contributed by atoms with E-state index in [2.05, 4.69) is 11.1 Å². The maximum absolute atomic E-state index is 13.8. The summed E-state index contributed by atoms with van der Waals surface area (Å²) < 4.78 is 56.9. The average molecular weight is 882 g/mol. The molecule has 9 rings (SSSR count). The third kappa shape index (κ3) is 8.65. The molecule has 3 heterocycles. The van der Waals surface area contributed by atoms with Gasteiger partial charge >= 0.3 is 0 Å². The molecular weight excluding hydrogens is 846 g/mol. The van der Waals surface area contributed by atoms with Gasteiger partial charge in [-0.3, -0.25) is 14.4 Å². The number of nitriles is 1. The van der Waals surface area contributed by atoms with Crippen LogP contribution in [0.2, 0.25) is 5.02 Å². The first-order valence-electron chi connectivity index (χ1n) is 19.3. The Balaban J connectivity index is 0.000000144. The van der Waals surface area contributed by atoms with Crippen LogP contribution in [-0.2, 0) is 14.1 Å². The van der Waals surface area contributed by atoms with E-state index in [9.17, 15) is 37.2 Å². The number of nitrogens with one attached hydrogen (secondary N) is 1. The van der Waals surface area contributed by atoms with Crippen LogP contribution >= 0.6 is 11.6 Å². The molecule has 0 unspecified atom stereocenters. The van der Waals surface area contributed by atoms with Gasteiger partial charge in [-0.05, 0) is 114 Å². The molecular formula is C49H36ClF4N7O3. The highest BCUT2D eigenvalue weighted by Crippen LogP contribution is 2.36. The molecule has 0 aliphatic heterocycles. The van der Waals surface area contributed by atoms with Crippen LogP contribution in [0.4, 0.5) is 17.6 Å². The third-order valence-electron chi connectivity index (χ3n) is 10.7. The maximum Gasteiger partial charge on any atom is 0.265 e. The van der Waals surface area contributed by atoms with Gasteiger partial charge in [-0.2, -0.15) is 5.26 Å². The van der Waals surface area contributed by atoms with Crippen LogP contribution in [0.15, 0.2) is 121 Å². The molecule has 0 bridgehead atoms. The zero-order chi connectivity index (χ0) is 46.1. The predicted molar refractivity (Wildman–Crippen MR) is 240 cm³/mol. The summed E-state index contributed by atoms with van der Waals surface area (Å²) in [6.45, 7) is 1.84. The first-order chi connectivity index (χ1) is 30.4. The van der Waals surface area contributed by atoms with Gasteiger partial charge < -0.3 is 31.3 Å². The number of amides is 3. The molecule has 0 radical (unpaired) electrons. The topological polar surface area (TPSA) is 179 Å². The fourth-order valence-electron chi connectivity index (χ4n) is 7.79. The fraction of sp³-hybridized carbons (Fsp3) is 0.0612. The first-order valence-corrected chi connectivity index (χ1v) is 19.6. The quantitative estimate of drug-likeness (QED) is 0.122. The summed E-state index contributed by atoms with van der Waals surface area (Å²) in [5.41, 5.74) is 24.7. The number of aromatic amines is 1. The van der Waals surface area contributed by atoms with Crippen LogP contribution in [-0.4, -0.2) is 31.8 Å². The van der Waals surface area contributed by atoms with Gasteiger partial charge in [0.25, 0.3) is 17.7 Å². The summed E-state index contributed by atoms with van der Waals surface area (Å²) in [5.74, 6) is -3.29. The lowest BCUT2D eigenvalue weighted by atomic mass is 9.99. The van der Waals surface area contributed by atoms with E-state index < -0.39 is 29.4 Å². The van der Waals surface area contributed by atoms with Crippen molar-refractivity contribution in [2.45, 2.75) is 6.92 Å². The van der Waals surface area contributed by atoms with E-state index in [4.69, 9.17) is 28.8 Å². The summed E-state index contributed by atoms with van der Waals surface area (Å²) in [6, 6.07) is 33.0. The van der Waals surface area contributed by atoms with Crippen LogP contribution in [0.25, 0.3) is 66.1 Å². The second-order valence-corrected chi connectivity index (χ2v) is 15.2. The second-order valence-electron chi connectivity index (χ2n) is 14.8. The molecule has 10 nitrogen and oxygen atoms in total. The summed E-state index contributed by atoms with van der Waals surface area (Å²) in [4.78, 5) is 37.3. The van der Waals surface area contributed by atoms with Gasteiger partial charge in [0.1, 0.15) is 40.4 Å². The average Bonchev–Trinajstić information content (AvgIpc) is 3.92. The van der Waals surface area contributed by atoms with E-state index in [0.717, 1.165) is 27.6 Å². The van der Waals surface area contributed by atoms with Crippen molar-refractivity contribution in [3.63, 3.8) is 0 Å². The summed E-state index contributed by atoms with van der Waals surface area (Å²) in [7, 11) is 3.49. The number of rotatable bonds is 6. The van der Waals surface area contributed by atoms with Crippen molar-refractivity contribution >= 4 is 62.0 Å². The number of aromatic nitrogens is 3. The van der Waals surface area contributed by atoms with Crippen LogP contribution < -0.4 is 17.2 Å². The smallest absolute Gasteiger partial charge is 0.265 e. The number of hydrogen-bond acceptors (Lipinski definition) is 4. The molecule has 0 aliphatic rings. The third-order valence-corrected chi connectivity index (χ3v) is 10.9. The Kier molecular flexibility index (Phi) is 12.1. The van der Waals surface area contributed by atoms with E-state index in [1.54, 1.807) is 71.8 Å². The molecule has 15 heteroatoms. The van der Waals surface area contributed by atoms with E-state index in [1.165, 1.54) is 54.6 Å². The van der Waals surface area contributed by atoms with Gasteiger partial charge in [0.15, 0.2) is 0 Å². The summed E-state index contributed by atoms with van der Waals surface area (Å²) in [6.07, 6.45) is 0. The number of nitrogens with zero attached hydrogens (tertiary/aromatic N) is 3. The van der Waals surface area contributed by atoms with Gasteiger partial charge in [0.2, 0.25) is 0 Å². The normalized spacial score (nSPS) is 10.9. The van der Waals surface area contributed by atoms with E-state index >= 15 is 0 Å². The molecule has 6 aromatic carbocycles. The minimum absolute atomic E-state index is 0.203. The van der Waals surface area contributed by atoms with Crippen molar-refractivity contribution in [2.75, 3.05) is 0 Å². The largest absolute Gasteiger partial charge is 0.364 e. The lowest BCUT2D eigenvalue weighted by Crippen LogP contribution is -2.16. The SMILES string of the molecule is Cc1c(C(N)=O)n(C)c2c(-c3ccc(Cl)cc3)cc(C#N)cc12.Cn1c(C(N)=O)cc2cc(F)cc(-c3ccc(F)cc3)c21.NC(=O)c1cc2cc(F)cc(-c3ccc(F)cc3)c2[nH]1. The molecule has 3 aromatic heterocycles. The molecule has 0 fully saturated rings. The summed E-state index contributed by atoms with van der Waals surface area (Å²) in [5, 5.41) is 11.9. The number of fused-ring (bicyclic) bond motifs is 3. The van der Waals surface area contributed by atoms with Gasteiger partial charge in [0.05, 0.1) is 28.2 Å². The Bertz CT molecular complexity index is 3350. The van der Waals surface area contributed by atoms with Crippen molar-refractivity contribution in [2.24, 2.45) is 31.3 Å². The standard InChI is InChI=1S/C18H14ClN3O.C16H12F2N2O.C15H10F2N2O/c1-10-14-7-11(9-20)8-15(12-3-5-13(19)6-4-12)17(14)22(2)16(10)18(21)23;1-20-14(16(19)21)7-10-6-12(18)8-13(15(10)20)9-2-4-11(17)5-3-9;16-10-3-1-8(2-4-10)12-7-11(17)5-9-6-13(15(18)20)19-14(9)12/h3-8H,1-2H3,(H2,21,23);2-8H,1H3,(H2,19,21);1-7,19H,(H2,18,20). The zero-order valence-electron chi connectivity index (χ0n) is 34.2. The molecule has 64 heavy (non-hydrogen) atoms. The maximum atomic E-state index is 13.8. The number of carbonyl (C=O) groups excluding carboxylic acids is 3. The summed E-state index contributed by atoms with van der Waals surface area (Å²) >= 11 is 5.96. The zero-order valence-corrected chi connectivity index (χ0v) is 35.0.